The molecule has 0 spiro atoms. The van der Waals surface area contributed by atoms with Crippen molar-refractivity contribution in [3.8, 4) is 0 Å². The molecule has 1 amide bonds. The lowest BCUT2D eigenvalue weighted by molar-refractivity contribution is 0.0314. The molecule has 1 aromatic heterocycles. The summed E-state index contributed by atoms with van der Waals surface area (Å²) in [6.07, 6.45) is 3.57. The third kappa shape index (κ3) is 4.39. The van der Waals surface area contributed by atoms with E-state index in [1.165, 1.54) is 16.9 Å². The predicted octanol–water partition coefficient (Wildman–Crippen LogP) is 3.01. The van der Waals surface area contributed by atoms with Crippen LogP contribution in [0.1, 0.15) is 46.9 Å². The van der Waals surface area contributed by atoms with Gasteiger partial charge in [-0.1, -0.05) is 44.2 Å². The van der Waals surface area contributed by atoms with Crippen LogP contribution in [-0.4, -0.2) is 28.1 Å². The number of nitrogens with zero attached hydrogens (tertiary/aromatic N) is 1. The summed E-state index contributed by atoms with van der Waals surface area (Å²) in [5.41, 5.74) is 0.350. The van der Waals surface area contributed by atoms with Crippen LogP contribution in [0.4, 0.5) is 0 Å². The van der Waals surface area contributed by atoms with Crippen molar-refractivity contribution in [1.29, 1.82) is 0 Å². The molecule has 22 heavy (non-hydrogen) atoms. The standard InChI is InChI=1S/C17H22N2O2S/c1-3-17(21,4-2)12-19-16(20)14-11-18-15(22-14)10-13-8-6-5-7-9-13/h5-9,11,21H,3-4,10,12H2,1-2H3,(H,19,20). The van der Waals surface area contributed by atoms with Gasteiger partial charge in [0.1, 0.15) is 4.88 Å². The van der Waals surface area contributed by atoms with E-state index >= 15 is 0 Å². The molecule has 0 aliphatic carbocycles. The summed E-state index contributed by atoms with van der Waals surface area (Å²) in [6.45, 7) is 4.10. The third-order valence-corrected chi connectivity index (χ3v) is 4.87. The maximum absolute atomic E-state index is 12.1. The SMILES string of the molecule is CCC(O)(CC)CNC(=O)c1cnc(Cc2ccccc2)s1. The number of carbonyl (C=O) groups excluding carboxylic acids is 1. The lowest BCUT2D eigenvalue weighted by Crippen LogP contribution is -2.41. The summed E-state index contributed by atoms with van der Waals surface area (Å²) < 4.78 is 0. The number of rotatable bonds is 7. The molecule has 0 saturated carbocycles. The molecule has 0 atom stereocenters. The summed E-state index contributed by atoms with van der Waals surface area (Å²) in [7, 11) is 0. The molecule has 0 radical (unpaired) electrons. The summed E-state index contributed by atoms with van der Waals surface area (Å²) in [5.74, 6) is -0.169. The van der Waals surface area contributed by atoms with Gasteiger partial charge in [0.15, 0.2) is 0 Å². The highest BCUT2D eigenvalue weighted by atomic mass is 32.1. The van der Waals surface area contributed by atoms with Crippen molar-refractivity contribution in [3.63, 3.8) is 0 Å². The molecule has 118 valence electrons. The minimum Gasteiger partial charge on any atom is -0.388 e. The van der Waals surface area contributed by atoms with Gasteiger partial charge < -0.3 is 10.4 Å². The minimum atomic E-state index is -0.826. The van der Waals surface area contributed by atoms with Gasteiger partial charge in [0, 0.05) is 13.0 Å². The number of benzene rings is 1. The van der Waals surface area contributed by atoms with E-state index in [0.29, 0.717) is 17.7 Å². The fourth-order valence-corrected chi connectivity index (χ4v) is 2.97. The van der Waals surface area contributed by atoms with E-state index in [0.717, 1.165) is 11.4 Å². The normalized spacial score (nSPS) is 11.4. The average molecular weight is 318 g/mol. The quantitative estimate of drug-likeness (QED) is 0.825. The maximum Gasteiger partial charge on any atom is 0.263 e. The van der Waals surface area contributed by atoms with E-state index in [2.05, 4.69) is 10.3 Å². The average Bonchev–Trinajstić information content (AvgIpc) is 3.02. The van der Waals surface area contributed by atoms with Gasteiger partial charge in [-0.2, -0.15) is 0 Å². The molecular weight excluding hydrogens is 296 g/mol. The van der Waals surface area contributed by atoms with E-state index in [-0.39, 0.29) is 12.5 Å². The van der Waals surface area contributed by atoms with Gasteiger partial charge in [-0.3, -0.25) is 4.79 Å². The zero-order chi connectivity index (χ0) is 16.0. The van der Waals surface area contributed by atoms with E-state index < -0.39 is 5.60 Å². The Morgan fingerprint density at radius 2 is 1.95 bits per heavy atom. The topological polar surface area (TPSA) is 62.2 Å². The number of nitrogens with one attached hydrogen (secondary N) is 1. The first kappa shape index (κ1) is 16.6. The number of hydrogen-bond donors (Lipinski definition) is 2. The minimum absolute atomic E-state index is 0.169. The van der Waals surface area contributed by atoms with Crippen LogP contribution in [-0.2, 0) is 6.42 Å². The van der Waals surface area contributed by atoms with Crippen LogP contribution in [0.25, 0.3) is 0 Å². The van der Waals surface area contributed by atoms with Crippen molar-refractivity contribution in [3.05, 3.63) is 52.0 Å². The van der Waals surface area contributed by atoms with Crippen LogP contribution in [0, 0.1) is 0 Å². The Balaban J connectivity index is 1.95. The molecule has 1 heterocycles. The molecule has 1 aromatic carbocycles. The summed E-state index contributed by atoms with van der Waals surface area (Å²) in [4.78, 5) is 17.0. The Kier molecular flexibility index (Phi) is 5.69. The van der Waals surface area contributed by atoms with Gasteiger partial charge in [0.2, 0.25) is 0 Å². The summed E-state index contributed by atoms with van der Waals surface area (Å²) in [6, 6.07) is 10.1. The second-order valence-corrected chi connectivity index (χ2v) is 6.51. The maximum atomic E-state index is 12.1. The highest BCUT2D eigenvalue weighted by Gasteiger charge is 2.23. The molecule has 5 heteroatoms. The number of thiazole rings is 1. The second kappa shape index (κ2) is 7.51. The van der Waals surface area contributed by atoms with Crippen molar-refractivity contribution in [2.75, 3.05) is 6.54 Å². The van der Waals surface area contributed by atoms with Crippen molar-refractivity contribution in [1.82, 2.24) is 10.3 Å². The van der Waals surface area contributed by atoms with Gasteiger partial charge in [-0.25, -0.2) is 4.98 Å². The van der Waals surface area contributed by atoms with Gasteiger partial charge in [0.05, 0.1) is 16.8 Å². The van der Waals surface area contributed by atoms with Crippen molar-refractivity contribution in [2.45, 2.75) is 38.7 Å². The molecule has 0 aliphatic rings. The molecule has 0 aliphatic heterocycles. The smallest absolute Gasteiger partial charge is 0.263 e. The van der Waals surface area contributed by atoms with Crippen LogP contribution in [0.5, 0.6) is 0 Å². The van der Waals surface area contributed by atoms with Crippen LogP contribution < -0.4 is 5.32 Å². The van der Waals surface area contributed by atoms with Gasteiger partial charge in [0.25, 0.3) is 5.91 Å². The number of carbonyl (C=O) groups is 1. The highest BCUT2D eigenvalue weighted by Crippen LogP contribution is 2.18. The van der Waals surface area contributed by atoms with Crippen molar-refractivity contribution in [2.24, 2.45) is 0 Å². The Morgan fingerprint density at radius 1 is 1.27 bits per heavy atom. The van der Waals surface area contributed by atoms with Gasteiger partial charge in [-0.05, 0) is 18.4 Å². The molecule has 0 bridgehead atoms. The monoisotopic (exact) mass is 318 g/mol. The van der Waals surface area contributed by atoms with Crippen LogP contribution in [0.2, 0.25) is 0 Å². The Morgan fingerprint density at radius 3 is 2.59 bits per heavy atom. The zero-order valence-corrected chi connectivity index (χ0v) is 13.8. The third-order valence-electron chi connectivity index (χ3n) is 3.87. The highest BCUT2D eigenvalue weighted by molar-refractivity contribution is 7.13. The van der Waals surface area contributed by atoms with Crippen LogP contribution >= 0.6 is 11.3 Å². The van der Waals surface area contributed by atoms with E-state index in [4.69, 9.17) is 0 Å². The lowest BCUT2D eigenvalue weighted by Gasteiger charge is -2.25. The van der Waals surface area contributed by atoms with E-state index in [1.807, 2.05) is 44.2 Å². The van der Waals surface area contributed by atoms with Crippen molar-refractivity contribution >= 4 is 17.2 Å². The largest absolute Gasteiger partial charge is 0.388 e. The first-order chi connectivity index (χ1) is 10.6. The molecule has 2 rings (SSSR count). The molecule has 2 N–H and O–H groups in total. The molecule has 0 fully saturated rings. The Bertz CT molecular complexity index is 606. The first-order valence-corrected chi connectivity index (χ1v) is 8.37. The molecule has 0 unspecified atom stereocenters. The zero-order valence-electron chi connectivity index (χ0n) is 13.0. The second-order valence-electron chi connectivity index (χ2n) is 5.39. The molecular formula is C17H22N2O2S. The molecule has 0 saturated heterocycles. The number of amides is 1. The lowest BCUT2D eigenvalue weighted by atomic mass is 9.98. The molecule has 4 nitrogen and oxygen atoms in total. The fraction of sp³-hybridized carbons (Fsp3) is 0.412. The Hall–Kier alpha value is -1.72. The summed E-state index contributed by atoms with van der Waals surface area (Å²) >= 11 is 1.40. The van der Waals surface area contributed by atoms with Crippen LogP contribution in [0.3, 0.4) is 0 Å². The predicted molar refractivity (Wildman–Crippen MR) is 89.2 cm³/mol. The fourth-order valence-electron chi connectivity index (χ4n) is 2.10. The van der Waals surface area contributed by atoms with Crippen molar-refractivity contribution < 1.29 is 9.90 Å². The number of aromatic nitrogens is 1. The van der Waals surface area contributed by atoms with E-state index in [1.54, 1.807) is 6.20 Å². The number of hydrogen-bond acceptors (Lipinski definition) is 4. The van der Waals surface area contributed by atoms with E-state index in [9.17, 15) is 9.90 Å². The van der Waals surface area contributed by atoms with Crippen LogP contribution in [0.15, 0.2) is 36.5 Å². The molecule has 2 aromatic rings. The summed E-state index contributed by atoms with van der Waals surface area (Å²) in [5, 5.41) is 13.9. The Labute approximate surface area is 135 Å². The number of aliphatic hydroxyl groups is 1. The van der Waals surface area contributed by atoms with Gasteiger partial charge in [-0.15, -0.1) is 11.3 Å². The first-order valence-electron chi connectivity index (χ1n) is 7.55. The van der Waals surface area contributed by atoms with Gasteiger partial charge >= 0.3 is 0 Å².